The fraction of sp³-hybridized carbons (Fsp3) is 0.300. The van der Waals surface area contributed by atoms with Crippen molar-refractivity contribution in [3.05, 3.63) is 53.2 Å². The molecule has 1 aliphatic rings. The summed E-state index contributed by atoms with van der Waals surface area (Å²) in [6.07, 6.45) is 2.09. The zero-order valence-electron chi connectivity index (χ0n) is 16.4. The number of nitrogens with one attached hydrogen (secondary N) is 1. The standard InChI is InChI=1S/C20H21N5O4/c1-12-6-19(24-29-12)23-18-9-15(21-11-22-18)20(26)25-5-4-13-7-16(27-2)17(28-3)8-14(13)10-25/h6-9,11H,4-5,10H2,1-3H3,(H,21,22,23,24). The summed E-state index contributed by atoms with van der Waals surface area (Å²) in [7, 11) is 3.21. The number of carbonyl (C=O) groups is 1. The monoisotopic (exact) mass is 395 g/mol. The third kappa shape index (κ3) is 3.84. The molecular formula is C20H21N5O4. The van der Waals surface area contributed by atoms with Gasteiger partial charge in [0.1, 0.15) is 23.6 Å². The molecule has 0 fully saturated rings. The van der Waals surface area contributed by atoms with E-state index in [2.05, 4.69) is 20.4 Å². The van der Waals surface area contributed by atoms with Gasteiger partial charge in [-0.2, -0.15) is 0 Å². The lowest BCUT2D eigenvalue weighted by atomic mass is 9.98. The SMILES string of the molecule is COc1cc2c(cc1OC)CN(C(=O)c1cc(Nc3cc(C)on3)ncn1)CC2. The van der Waals surface area contributed by atoms with Gasteiger partial charge in [-0.05, 0) is 36.6 Å². The maximum absolute atomic E-state index is 13.0. The Morgan fingerprint density at radius 3 is 2.52 bits per heavy atom. The topological polar surface area (TPSA) is 103 Å². The molecule has 0 unspecified atom stereocenters. The Morgan fingerprint density at radius 1 is 1.07 bits per heavy atom. The van der Waals surface area contributed by atoms with E-state index < -0.39 is 0 Å². The normalized spacial score (nSPS) is 13.0. The van der Waals surface area contributed by atoms with Crippen LogP contribution in [0.15, 0.2) is 35.1 Å². The van der Waals surface area contributed by atoms with E-state index in [0.29, 0.717) is 47.7 Å². The van der Waals surface area contributed by atoms with E-state index in [1.165, 1.54) is 6.33 Å². The summed E-state index contributed by atoms with van der Waals surface area (Å²) >= 11 is 0. The minimum atomic E-state index is -0.160. The van der Waals surface area contributed by atoms with Crippen LogP contribution in [0.1, 0.15) is 27.4 Å². The number of aryl methyl sites for hydroxylation is 1. The third-order valence-corrected chi connectivity index (χ3v) is 4.78. The molecule has 2 aromatic heterocycles. The molecule has 1 aliphatic heterocycles. The van der Waals surface area contributed by atoms with Crippen molar-refractivity contribution in [2.75, 3.05) is 26.1 Å². The molecule has 1 amide bonds. The van der Waals surface area contributed by atoms with Gasteiger partial charge in [-0.3, -0.25) is 4.79 Å². The van der Waals surface area contributed by atoms with Gasteiger partial charge in [-0.25, -0.2) is 9.97 Å². The second-order valence-corrected chi connectivity index (χ2v) is 6.69. The van der Waals surface area contributed by atoms with Crippen LogP contribution in [-0.4, -0.2) is 46.7 Å². The first-order valence-corrected chi connectivity index (χ1v) is 9.13. The van der Waals surface area contributed by atoms with E-state index in [9.17, 15) is 4.79 Å². The Hall–Kier alpha value is -3.62. The van der Waals surface area contributed by atoms with Crippen molar-refractivity contribution in [3.8, 4) is 11.5 Å². The maximum atomic E-state index is 13.0. The number of methoxy groups -OCH3 is 2. The average molecular weight is 395 g/mol. The number of fused-ring (bicyclic) bond motifs is 1. The highest BCUT2D eigenvalue weighted by Crippen LogP contribution is 2.33. The number of hydrogen-bond acceptors (Lipinski definition) is 8. The van der Waals surface area contributed by atoms with Gasteiger partial charge in [0.25, 0.3) is 5.91 Å². The van der Waals surface area contributed by atoms with E-state index in [1.807, 2.05) is 12.1 Å². The first-order valence-electron chi connectivity index (χ1n) is 9.13. The molecule has 150 valence electrons. The van der Waals surface area contributed by atoms with E-state index in [1.54, 1.807) is 38.2 Å². The molecule has 0 atom stereocenters. The van der Waals surface area contributed by atoms with Crippen LogP contribution in [0.3, 0.4) is 0 Å². The van der Waals surface area contributed by atoms with Gasteiger partial charge in [0.2, 0.25) is 0 Å². The van der Waals surface area contributed by atoms with Gasteiger partial charge in [0.05, 0.1) is 14.2 Å². The molecule has 29 heavy (non-hydrogen) atoms. The van der Waals surface area contributed by atoms with Crippen LogP contribution in [0.2, 0.25) is 0 Å². The van der Waals surface area contributed by atoms with Crippen molar-refractivity contribution in [3.63, 3.8) is 0 Å². The van der Waals surface area contributed by atoms with Crippen LogP contribution in [0, 0.1) is 6.92 Å². The fourth-order valence-electron chi connectivity index (χ4n) is 3.32. The van der Waals surface area contributed by atoms with Crippen LogP contribution in [0.4, 0.5) is 11.6 Å². The first kappa shape index (κ1) is 18.7. The lowest BCUT2D eigenvalue weighted by Gasteiger charge is -2.29. The molecule has 0 spiro atoms. The van der Waals surface area contributed by atoms with Gasteiger partial charge >= 0.3 is 0 Å². The second kappa shape index (κ2) is 7.78. The van der Waals surface area contributed by atoms with Crippen molar-refractivity contribution in [2.24, 2.45) is 0 Å². The number of carbonyl (C=O) groups excluding carboxylic acids is 1. The van der Waals surface area contributed by atoms with Gasteiger partial charge in [0, 0.05) is 25.2 Å². The van der Waals surface area contributed by atoms with E-state index >= 15 is 0 Å². The highest BCUT2D eigenvalue weighted by atomic mass is 16.5. The molecule has 1 N–H and O–H groups in total. The molecule has 9 nitrogen and oxygen atoms in total. The van der Waals surface area contributed by atoms with Crippen LogP contribution >= 0.6 is 0 Å². The van der Waals surface area contributed by atoms with Crippen LogP contribution in [0.25, 0.3) is 0 Å². The predicted molar refractivity (Wildman–Crippen MR) is 105 cm³/mol. The summed E-state index contributed by atoms with van der Waals surface area (Å²) in [5.74, 6) is 2.86. The van der Waals surface area contributed by atoms with Gasteiger partial charge in [0.15, 0.2) is 17.3 Å². The molecule has 1 aromatic carbocycles. The number of rotatable bonds is 5. The number of hydrogen-bond donors (Lipinski definition) is 1. The maximum Gasteiger partial charge on any atom is 0.272 e. The molecule has 0 saturated carbocycles. The second-order valence-electron chi connectivity index (χ2n) is 6.69. The number of nitrogens with zero attached hydrogens (tertiary/aromatic N) is 4. The zero-order chi connectivity index (χ0) is 20.4. The Morgan fingerprint density at radius 2 is 1.83 bits per heavy atom. The van der Waals surface area contributed by atoms with E-state index in [0.717, 1.165) is 17.5 Å². The first-order chi connectivity index (χ1) is 14.1. The van der Waals surface area contributed by atoms with Crippen LogP contribution in [0.5, 0.6) is 11.5 Å². The van der Waals surface area contributed by atoms with E-state index in [-0.39, 0.29) is 5.91 Å². The highest BCUT2D eigenvalue weighted by molar-refractivity contribution is 5.93. The van der Waals surface area contributed by atoms with Gasteiger partial charge < -0.3 is 24.2 Å². The predicted octanol–water partition coefficient (Wildman–Crippen LogP) is 2.73. The lowest BCUT2D eigenvalue weighted by molar-refractivity contribution is 0.0728. The quantitative estimate of drug-likeness (QED) is 0.703. The summed E-state index contributed by atoms with van der Waals surface area (Å²) in [6.45, 7) is 2.87. The Balaban J connectivity index is 1.53. The molecule has 0 radical (unpaired) electrons. The molecule has 3 aromatic rings. The van der Waals surface area contributed by atoms with Crippen molar-refractivity contribution in [2.45, 2.75) is 19.9 Å². The highest BCUT2D eigenvalue weighted by Gasteiger charge is 2.24. The molecule has 9 heteroatoms. The minimum Gasteiger partial charge on any atom is -0.493 e. The molecule has 0 bridgehead atoms. The molecule has 3 heterocycles. The van der Waals surface area contributed by atoms with E-state index in [4.69, 9.17) is 14.0 Å². The smallest absolute Gasteiger partial charge is 0.272 e. The van der Waals surface area contributed by atoms with Gasteiger partial charge in [-0.15, -0.1) is 0 Å². The fourth-order valence-corrected chi connectivity index (χ4v) is 3.32. The number of benzene rings is 1. The number of ether oxygens (including phenoxy) is 2. The molecule has 0 saturated heterocycles. The average Bonchev–Trinajstić information content (AvgIpc) is 3.16. The molecule has 4 rings (SSSR count). The van der Waals surface area contributed by atoms with Crippen LogP contribution < -0.4 is 14.8 Å². The van der Waals surface area contributed by atoms with Crippen molar-refractivity contribution >= 4 is 17.5 Å². The summed E-state index contributed by atoms with van der Waals surface area (Å²) in [4.78, 5) is 23.1. The number of anilines is 2. The van der Waals surface area contributed by atoms with Crippen molar-refractivity contribution in [1.29, 1.82) is 0 Å². The third-order valence-electron chi connectivity index (χ3n) is 4.78. The Kier molecular flexibility index (Phi) is 5.03. The van der Waals surface area contributed by atoms with Crippen LogP contribution in [-0.2, 0) is 13.0 Å². The zero-order valence-corrected chi connectivity index (χ0v) is 16.4. The number of aromatic nitrogens is 3. The van der Waals surface area contributed by atoms with Gasteiger partial charge in [-0.1, -0.05) is 5.16 Å². The van der Waals surface area contributed by atoms with Crippen molar-refractivity contribution in [1.82, 2.24) is 20.0 Å². The Bertz CT molecular complexity index is 1050. The molecule has 0 aliphatic carbocycles. The number of amides is 1. The minimum absolute atomic E-state index is 0.160. The Labute approximate surface area is 167 Å². The summed E-state index contributed by atoms with van der Waals surface area (Å²) in [5.41, 5.74) is 2.50. The molecular weight excluding hydrogens is 374 g/mol. The van der Waals surface area contributed by atoms with Crippen molar-refractivity contribution < 1.29 is 18.8 Å². The summed E-state index contributed by atoms with van der Waals surface area (Å²) in [6, 6.07) is 7.25. The summed E-state index contributed by atoms with van der Waals surface area (Å²) in [5, 5.41) is 6.88. The summed E-state index contributed by atoms with van der Waals surface area (Å²) < 4.78 is 15.8. The lowest BCUT2D eigenvalue weighted by Crippen LogP contribution is -2.36. The largest absolute Gasteiger partial charge is 0.493 e.